The van der Waals surface area contributed by atoms with Crippen molar-refractivity contribution < 1.29 is 0 Å². The summed E-state index contributed by atoms with van der Waals surface area (Å²) in [5, 5.41) is 0. The molecule has 0 spiro atoms. The third kappa shape index (κ3) is 3.37. The summed E-state index contributed by atoms with van der Waals surface area (Å²) in [5.74, 6) is 2.29. The highest BCUT2D eigenvalue weighted by molar-refractivity contribution is 6.17. The molecule has 5 heteroatoms. The molecule has 2 heterocycles. The molecule has 0 radical (unpaired) electrons. The van der Waals surface area contributed by atoms with Gasteiger partial charge in [0.05, 0.1) is 5.88 Å². The summed E-state index contributed by atoms with van der Waals surface area (Å²) in [4.78, 5) is 13.6. The van der Waals surface area contributed by atoms with Crippen LogP contribution >= 0.6 is 11.6 Å². The van der Waals surface area contributed by atoms with E-state index in [4.69, 9.17) is 11.6 Å². The summed E-state index contributed by atoms with van der Waals surface area (Å²) in [6.07, 6.45) is 1.85. The number of hydrogen-bond acceptors (Lipinski definition) is 4. The third-order valence-corrected chi connectivity index (χ3v) is 3.92. The van der Waals surface area contributed by atoms with Crippen LogP contribution in [-0.2, 0) is 5.88 Å². The van der Waals surface area contributed by atoms with Gasteiger partial charge >= 0.3 is 0 Å². The summed E-state index contributed by atoms with van der Waals surface area (Å²) in [6.45, 7) is 12.8. The molecule has 1 saturated heterocycles. The van der Waals surface area contributed by atoms with Gasteiger partial charge in [0.1, 0.15) is 11.6 Å². The molecule has 1 fully saturated rings. The first-order valence-electron chi connectivity index (χ1n) is 6.80. The van der Waals surface area contributed by atoms with Crippen LogP contribution in [0.2, 0.25) is 0 Å². The maximum Gasteiger partial charge on any atom is 0.136 e. The van der Waals surface area contributed by atoms with Crippen LogP contribution in [0.4, 0.5) is 5.82 Å². The summed E-state index contributed by atoms with van der Waals surface area (Å²) in [6, 6.07) is 0. The van der Waals surface area contributed by atoms with Gasteiger partial charge in [-0.25, -0.2) is 9.97 Å². The largest absolute Gasteiger partial charge is 0.354 e. The first-order chi connectivity index (χ1) is 8.91. The van der Waals surface area contributed by atoms with Gasteiger partial charge < -0.3 is 4.90 Å². The second-order valence-electron chi connectivity index (χ2n) is 6.04. The number of aromatic nitrogens is 2. The zero-order valence-corrected chi connectivity index (χ0v) is 13.0. The van der Waals surface area contributed by atoms with Crippen molar-refractivity contribution in [3.05, 3.63) is 17.6 Å². The fourth-order valence-corrected chi connectivity index (χ4v) is 2.63. The predicted octanol–water partition coefficient (Wildman–Crippen LogP) is 2.44. The molecule has 0 unspecified atom stereocenters. The van der Waals surface area contributed by atoms with Crippen molar-refractivity contribution in [3.8, 4) is 0 Å². The van der Waals surface area contributed by atoms with E-state index in [0.29, 0.717) is 5.88 Å². The lowest BCUT2D eigenvalue weighted by atomic mass is 10.0. The number of alkyl halides is 1. The van der Waals surface area contributed by atoms with Crippen LogP contribution in [0.25, 0.3) is 0 Å². The normalized spacial score (nSPS) is 17.8. The Hall–Kier alpha value is -0.870. The Balaban J connectivity index is 2.11. The van der Waals surface area contributed by atoms with Crippen molar-refractivity contribution in [1.29, 1.82) is 0 Å². The molecule has 0 amide bonds. The number of aryl methyl sites for hydroxylation is 1. The first kappa shape index (κ1) is 14.5. The zero-order valence-electron chi connectivity index (χ0n) is 12.3. The summed E-state index contributed by atoms with van der Waals surface area (Å²) in [5.41, 5.74) is 1.26. The summed E-state index contributed by atoms with van der Waals surface area (Å²) < 4.78 is 0. The number of hydrogen-bond donors (Lipinski definition) is 0. The standard InChI is InChI=1S/C14H23ClN4/c1-11-16-10-12(9-15)13(17-11)18-5-7-19(8-6-18)14(2,3)4/h10H,5-9H2,1-4H3. The molecule has 2 rings (SSSR count). The van der Waals surface area contributed by atoms with Crippen molar-refractivity contribution in [1.82, 2.24) is 14.9 Å². The minimum Gasteiger partial charge on any atom is -0.354 e. The fraction of sp³-hybridized carbons (Fsp3) is 0.714. The van der Waals surface area contributed by atoms with E-state index in [-0.39, 0.29) is 5.54 Å². The minimum absolute atomic E-state index is 0.239. The van der Waals surface area contributed by atoms with Crippen LogP contribution in [0.1, 0.15) is 32.2 Å². The third-order valence-electron chi connectivity index (χ3n) is 3.63. The van der Waals surface area contributed by atoms with E-state index in [1.165, 1.54) is 0 Å². The van der Waals surface area contributed by atoms with Gasteiger partial charge in [0.25, 0.3) is 0 Å². The SMILES string of the molecule is Cc1ncc(CCl)c(N2CCN(C(C)(C)C)CC2)n1. The molecule has 19 heavy (non-hydrogen) atoms. The van der Waals surface area contributed by atoms with E-state index in [0.717, 1.165) is 43.4 Å². The van der Waals surface area contributed by atoms with Crippen LogP contribution in [0.15, 0.2) is 6.20 Å². The molecule has 1 aromatic rings. The molecular weight excluding hydrogens is 260 g/mol. The maximum absolute atomic E-state index is 5.99. The Bertz CT molecular complexity index is 434. The number of rotatable bonds is 2. The van der Waals surface area contributed by atoms with E-state index in [9.17, 15) is 0 Å². The van der Waals surface area contributed by atoms with Gasteiger partial charge in [0.2, 0.25) is 0 Å². The monoisotopic (exact) mass is 282 g/mol. The molecule has 0 bridgehead atoms. The van der Waals surface area contributed by atoms with Gasteiger partial charge in [-0.1, -0.05) is 0 Å². The van der Waals surface area contributed by atoms with Crippen LogP contribution in [0, 0.1) is 6.92 Å². The molecule has 0 atom stereocenters. The van der Waals surface area contributed by atoms with Crippen molar-refractivity contribution in [2.45, 2.75) is 39.1 Å². The van der Waals surface area contributed by atoms with Crippen LogP contribution in [-0.4, -0.2) is 46.6 Å². The smallest absolute Gasteiger partial charge is 0.136 e. The highest BCUT2D eigenvalue weighted by Gasteiger charge is 2.27. The van der Waals surface area contributed by atoms with Crippen molar-refractivity contribution in [2.75, 3.05) is 31.1 Å². The Morgan fingerprint density at radius 2 is 1.84 bits per heavy atom. The number of halogens is 1. The molecule has 0 saturated carbocycles. The molecule has 0 aromatic carbocycles. The lowest BCUT2D eigenvalue weighted by Gasteiger charge is -2.42. The molecule has 4 nitrogen and oxygen atoms in total. The highest BCUT2D eigenvalue weighted by Crippen LogP contribution is 2.23. The lowest BCUT2D eigenvalue weighted by molar-refractivity contribution is 0.128. The second kappa shape index (κ2) is 5.63. The number of nitrogens with zero attached hydrogens (tertiary/aromatic N) is 4. The zero-order chi connectivity index (χ0) is 14.0. The van der Waals surface area contributed by atoms with Crippen LogP contribution < -0.4 is 4.90 Å². The quantitative estimate of drug-likeness (QED) is 0.780. The van der Waals surface area contributed by atoms with E-state index in [1.54, 1.807) is 0 Å². The molecule has 0 N–H and O–H groups in total. The molecule has 106 valence electrons. The van der Waals surface area contributed by atoms with Gasteiger partial charge in [-0.15, -0.1) is 11.6 Å². The molecule has 1 aliphatic heterocycles. The van der Waals surface area contributed by atoms with Crippen molar-refractivity contribution >= 4 is 17.4 Å². The molecule has 1 aliphatic rings. The second-order valence-corrected chi connectivity index (χ2v) is 6.31. The summed E-state index contributed by atoms with van der Waals surface area (Å²) >= 11 is 5.99. The van der Waals surface area contributed by atoms with Gasteiger partial charge in [-0.3, -0.25) is 4.90 Å². The predicted molar refractivity (Wildman–Crippen MR) is 79.9 cm³/mol. The Labute approximate surface area is 120 Å². The van der Waals surface area contributed by atoms with E-state index < -0.39 is 0 Å². The minimum atomic E-state index is 0.239. The highest BCUT2D eigenvalue weighted by atomic mass is 35.5. The molecular formula is C14H23ClN4. The fourth-order valence-electron chi connectivity index (χ4n) is 2.44. The Morgan fingerprint density at radius 3 is 2.37 bits per heavy atom. The van der Waals surface area contributed by atoms with Crippen molar-refractivity contribution in [2.24, 2.45) is 0 Å². The Kier molecular flexibility index (Phi) is 4.31. The average Bonchev–Trinajstić information content (AvgIpc) is 2.38. The van der Waals surface area contributed by atoms with Crippen molar-refractivity contribution in [3.63, 3.8) is 0 Å². The number of piperazine rings is 1. The molecule has 1 aromatic heterocycles. The summed E-state index contributed by atoms with van der Waals surface area (Å²) in [7, 11) is 0. The first-order valence-corrected chi connectivity index (χ1v) is 7.34. The van der Waals surface area contributed by atoms with Gasteiger partial charge in [-0.05, 0) is 27.7 Å². The van der Waals surface area contributed by atoms with Gasteiger partial charge in [-0.2, -0.15) is 0 Å². The van der Waals surface area contributed by atoms with Gasteiger partial charge in [0.15, 0.2) is 0 Å². The van der Waals surface area contributed by atoms with E-state index in [1.807, 2.05) is 13.1 Å². The van der Waals surface area contributed by atoms with Gasteiger partial charge in [0, 0.05) is 43.5 Å². The average molecular weight is 283 g/mol. The van der Waals surface area contributed by atoms with E-state index in [2.05, 4.69) is 40.5 Å². The number of anilines is 1. The maximum atomic E-state index is 5.99. The van der Waals surface area contributed by atoms with Crippen LogP contribution in [0.3, 0.4) is 0 Å². The van der Waals surface area contributed by atoms with Crippen LogP contribution in [0.5, 0.6) is 0 Å². The lowest BCUT2D eigenvalue weighted by Crippen LogP contribution is -2.53. The van der Waals surface area contributed by atoms with E-state index >= 15 is 0 Å². The molecule has 0 aliphatic carbocycles. The topological polar surface area (TPSA) is 32.3 Å². The Morgan fingerprint density at radius 1 is 1.21 bits per heavy atom.